The molecule has 12 heavy (non-hydrogen) atoms. The highest BCUT2D eigenvalue weighted by Crippen LogP contribution is 2.30. The van der Waals surface area contributed by atoms with Crippen molar-refractivity contribution in [3.8, 4) is 17.6 Å². The molecule has 0 bridgehead atoms. The predicted octanol–water partition coefficient (Wildman–Crippen LogP) is 1.41. The van der Waals surface area contributed by atoms with E-state index in [-0.39, 0.29) is 17.1 Å². The first-order valence-corrected chi connectivity index (χ1v) is 3.16. The highest BCUT2D eigenvalue weighted by Gasteiger charge is 2.12. The quantitative estimate of drug-likeness (QED) is 0.688. The molecule has 0 saturated heterocycles. The van der Waals surface area contributed by atoms with Crippen LogP contribution in [-0.2, 0) is 0 Å². The molecule has 4 heteroatoms. The highest BCUT2D eigenvalue weighted by molar-refractivity contribution is 5.47. The molecule has 1 aromatic rings. The zero-order valence-corrected chi connectivity index (χ0v) is 6.34. The summed E-state index contributed by atoms with van der Waals surface area (Å²) in [6.07, 6.45) is 0. The summed E-state index contributed by atoms with van der Waals surface area (Å²) >= 11 is 0. The molecule has 62 valence electrons. The molecule has 0 fully saturated rings. The van der Waals surface area contributed by atoms with Crippen molar-refractivity contribution in [3.05, 3.63) is 23.5 Å². The minimum atomic E-state index is -0.833. The molecule has 1 N–H and O–H groups in total. The lowest BCUT2D eigenvalue weighted by Crippen LogP contribution is -1.91. The summed E-state index contributed by atoms with van der Waals surface area (Å²) < 4.78 is 17.6. The molecular weight excluding hydrogens is 161 g/mol. The summed E-state index contributed by atoms with van der Waals surface area (Å²) in [4.78, 5) is 0. The van der Waals surface area contributed by atoms with Gasteiger partial charge in [0.1, 0.15) is 6.07 Å². The number of aromatic hydroxyl groups is 1. The molecule has 0 atom stereocenters. The number of hydrogen-bond acceptors (Lipinski definition) is 3. The monoisotopic (exact) mass is 167 g/mol. The van der Waals surface area contributed by atoms with Gasteiger partial charge in [0.25, 0.3) is 0 Å². The third-order valence-electron chi connectivity index (χ3n) is 1.40. The molecule has 0 spiro atoms. The van der Waals surface area contributed by atoms with E-state index in [4.69, 9.17) is 10.4 Å². The van der Waals surface area contributed by atoms with E-state index in [1.54, 1.807) is 6.07 Å². The SMILES string of the molecule is COc1c(O)ccc(C#N)c1F. The van der Waals surface area contributed by atoms with Gasteiger partial charge < -0.3 is 9.84 Å². The van der Waals surface area contributed by atoms with Gasteiger partial charge in [0, 0.05) is 0 Å². The average molecular weight is 167 g/mol. The third-order valence-corrected chi connectivity index (χ3v) is 1.40. The fourth-order valence-corrected chi connectivity index (χ4v) is 0.826. The zero-order chi connectivity index (χ0) is 9.14. The second-order valence-corrected chi connectivity index (χ2v) is 2.09. The van der Waals surface area contributed by atoms with Gasteiger partial charge in [-0.3, -0.25) is 0 Å². The van der Waals surface area contributed by atoms with Crippen LogP contribution in [0.2, 0.25) is 0 Å². The van der Waals surface area contributed by atoms with E-state index in [1.165, 1.54) is 19.2 Å². The summed E-state index contributed by atoms with van der Waals surface area (Å²) in [5, 5.41) is 17.4. The number of ether oxygens (including phenoxy) is 1. The number of halogens is 1. The van der Waals surface area contributed by atoms with Crippen molar-refractivity contribution >= 4 is 0 Å². The summed E-state index contributed by atoms with van der Waals surface area (Å²) in [5.41, 5.74) is -0.148. The van der Waals surface area contributed by atoms with Crippen molar-refractivity contribution in [2.45, 2.75) is 0 Å². The fraction of sp³-hybridized carbons (Fsp3) is 0.125. The Morgan fingerprint density at radius 2 is 2.25 bits per heavy atom. The van der Waals surface area contributed by atoms with Crippen LogP contribution in [0.25, 0.3) is 0 Å². The van der Waals surface area contributed by atoms with Crippen LogP contribution >= 0.6 is 0 Å². The molecule has 0 saturated carbocycles. The van der Waals surface area contributed by atoms with E-state index in [1.807, 2.05) is 0 Å². The van der Waals surface area contributed by atoms with Crippen LogP contribution in [-0.4, -0.2) is 12.2 Å². The van der Waals surface area contributed by atoms with Crippen molar-refractivity contribution in [2.24, 2.45) is 0 Å². The smallest absolute Gasteiger partial charge is 0.197 e. The Balaban J connectivity index is 3.36. The van der Waals surface area contributed by atoms with E-state index in [0.29, 0.717) is 0 Å². The normalized spacial score (nSPS) is 9.08. The number of hydrogen-bond donors (Lipinski definition) is 1. The molecule has 1 aromatic carbocycles. The van der Waals surface area contributed by atoms with Gasteiger partial charge in [0.15, 0.2) is 17.3 Å². The summed E-state index contributed by atoms with van der Waals surface area (Å²) in [6, 6.07) is 4.03. The van der Waals surface area contributed by atoms with Crippen molar-refractivity contribution in [1.82, 2.24) is 0 Å². The number of methoxy groups -OCH3 is 1. The fourth-order valence-electron chi connectivity index (χ4n) is 0.826. The van der Waals surface area contributed by atoms with Crippen molar-refractivity contribution in [3.63, 3.8) is 0 Å². The average Bonchev–Trinajstić information content (AvgIpc) is 2.06. The van der Waals surface area contributed by atoms with Gasteiger partial charge in [-0.2, -0.15) is 5.26 Å². The maximum Gasteiger partial charge on any atom is 0.197 e. The number of benzene rings is 1. The number of phenolic OH excluding ortho intramolecular Hbond substituents is 1. The van der Waals surface area contributed by atoms with E-state index < -0.39 is 5.82 Å². The molecule has 0 aliphatic heterocycles. The van der Waals surface area contributed by atoms with E-state index >= 15 is 0 Å². The van der Waals surface area contributed by atoms with Crippen LogP contribution in [0.4, 0.5) is 4.39 Å². The topological polar surface area (TPSA) is 53.2 Å². The van der Waals surface area contributed by atoms with Crippen molar-refractivity contribution in [2.75, 3.05) is 7.11 Å². The first-order chi connectivity index (χ1) is 5.70. The van der Waals surface area contributed by atoms with Gasteiger partial charge in [-0.05, 0) is 12.1 Å². The Morgan fingerprint density at radius 3 is 2.75 bits per heavy atom. The number of rotatable bonds is 1. The van der Waals surface area contributed by atoms with Crippen LogP contribution in [0.5, 0.6) is 11.5 Å². The Kier molecular flexibility index (Phi) is 2.15. The highest BCUT2D eigenvalue weighted by atomic mass is 19.1. The molecule has 0 aliphatic rings. The predicted molar refractivity (Wildman–Crippen MR) is 39.3 cm³/mol. The van der Waals surface area contributed by atoms with Crippen LogP contribution in [0.3, 0.4) is 0 Å². The van der Waals surface area contributed by atoms with Crippen LogP contribution in [0, 0.1) is 17.1 Å². The molecule has 0 unspecified atom stereocenters. The summed E-state index contributed by atoms with van der Waals surface area (Å²) in [7, 11) is 1.22. The van der Waals surface area contributed by atoms with Gasteiger partial charge in [-0.15, -0.1) is 0 Å². The third kappa shape index (κ3) is 1.17. The van der Waals surface area contributed by atoms with Gasteiger partial charge in [-0.25, -0.2) is 4.39 Å². The largest absolute Gasteiger partial charge is 0.504 e. The summed E-state index contributed by atoms with van der Waals surface area (Å²) in [6.45, 7) is 0. The van der Waals surface area contributed by atoms with E-state index in [2.05, 4.69) is 4.74 Å². The molecule has 3 nitrogen and oxygen atoms in total. The number of nitriles is 1. The Hall–Kier alpha value is -1.76. The van der Waals surface area contributed by atoms with Crippen LogP contribution in [0.15, 0.2) is 12.1 Å². The molecule has 0 aromatic heterocycles. The van der Waals surface area contributed by atoms with E-state index in [9.17, 15) is 4.39 Å². The first kappa shape index (κ1) is 8.34. The minimum Gasteiger partial charge on any atom is -0.504 e. The molecule has 0 amide bonds. The molecule has 0 aliphatic carbocycles. The lowest BCUT2D eigenvalue weighted by molar-refractivity contribution is 0.351. The number of phenols is 1. The van der Waals surface area contributed by atoms with Crippen molar-refractivity contribution < 1.29 is 14.2 Å². The van der Waals surface area contributed by atoms with Crippen molar-refractivity contribution in [1.29, 1.82) is 5.26 Å². The van der Waals surface area contributed by atoms with Gasteiger partial charge in [0.2, 0.25) is 0 Å². The lowest BCUT2D eigenvalue weighted by Gasteiger charge is -2.04. The lowest BCUT2D eigenvalue weighted by atomic mass is 10.2. The van der Waals surface area contributed by atoms with Crippen LogP contribution < -0.4 is 4.74 Å². The Labute approximate surface area is 68.6 Å². The molecule has 1 rings (SSSR count). The minimum absolute atomic E-state index is 0.148. The number of nitrogens with zero attached hydrogens (tertiary/aromatic N) is 1. The molecule has 0 radical (unpaired) electrons. The standard InChI is InChI=1S/C8H6FNO2/c1-12-8-6(11)3-2-5(4-10)7(8)9/h2-3,11H,1H3. The molecular formula is C8H6FNO2. The molecule has 0 heterocycles. The zero-order valence-electron chi connectivity index (χ0n) is 6.34. The second-order valence-electron chi connectivity index (χ2n) is 2.09. The summed E-state index contributed by atoms with van der Waals surface area (Å²) in [5.74, 6) is -1.44. The van der Waals surface area contributed by atoms with Gasteiger partial charge in [0.05, 0.1) is 12.7 Å². The first-order valence-electron chi connectivity index (χ1n) is 3.16. The van der Waals surface area contributed by atoms with E-state index in [0.717, 1.165) is 0 Å². The maximum absolute atomic E-state index is 13.0. The van der Waals surface area contributed by atoms with Gasteiger partial charge >= 0.3 is 0 Å². The maximum atomic E-state index is 13.0. The van der Waals surface area contributed by atoms with Gasteiger partial charge in [-0.1, -0.05) is 0 Å². The Morgan fingerprint density at radius 1 is 1.58 bits per heavy atom. The van der Waals surface area contributed by atoms with Crippen LogP contribution in [0.1, 0.15) is 5.56 Å². The second kappa shape index (κ2) is 3.09. The Bertz CT molecular complexity index is 344.